The Hall–Kier alpha value is -3.35. The molecule has 0 saturated carbocycles. The zero-order valence-electron chi connectivity index (χ0n) is 13.3. The van der Waals surface area contributed by atoms with Crippen LogP contribution in [-0.4, -0.2) is 15.9 Å². The Morgan fingerprint density at radius 2 is 1.56 bits per heavy atom. The standard InChI is InChI=1S/C18H14F2N4O/c1-11-5-7-13(8-6-11)23-17(25)12-9-21-18(22-10-12)24-16-14(19)3-2-4-15(16)20/h2-10H,1H3,(H,23,25)(H,21,22,24). The monoisotopic (exact) mass is 340 g/mol. The van der Waals surface area contributed by atoms with Crippen LogP contribution in [-0.2, 0) is 0 Å². The lowest BCUT2D eigenvalue weighted by molar-refractivity contribution is 0.102. The van der Waals surface area contributed by atoms with Crippen molar-refractivity contribution in [2.45, 2.75) is 6.92 Å². The molecule has 0 aliphatic carbocycles. The van der Waals surface area contributed by atoms with Gasteiger partial charge in [-0.3, -0.25) is 4.79 Å². The molecule has 126 valence electrons. The maximum Gasteiger partial charge on any atom is 0.258 e. The summed E-state index contributed by atoms with van der Waals surface area (Å²) in [6.45, 7) is 1.95. The Kier molecular flexibility index (Phi) is 4.65. The van der Waals surface area contributed by atoms with E-state index in [1.807, 2.05) is 19.1 Å². The van der Waals surface area contributed by atoms with Crippen molar-refractivity contribution in [2.75, 3.05) is 10.6 Å². The molecule has 3 aromatic rings. The van der Waals surface area contributed by atoms with Gasteiger partial charge in [-0.15, -0.1) is 0 Å². The number of rotatable bonds is 4. The molecule has 25 heavy (non-hydrogen) atoms. The highest BCUT2D eigenvalue weighted by Crippen LogP contribution is 2.21. The van der Waals surface area contributed by atoms with Gasteiger partial charge in [0.05, 0.1) is 5.56 Å². The third kappa shape index (κ3) is 3.95. The van der Waals surface area contributed by atoms with E-state index in [-0.39, 0.29) is 23.1 Å². The summed E-state index contributed by atoms with van der Waals surface area (Å²) in [5.74, 6) is -1.92. The van der Waals surface area contributed by atoms with Gasteiger partial charge in [-0.2, -0.15) is 0 Å². The van der Waals surface area contributed by atoms with Crippen LogP contribution in [0.2, 0.25) is 0 Å². The van der Waals surface area contributed by atoms with E-state index in [1.165, 1.54) is 18.5 Å². The second-order valence-corrected chi connectivity index (χ2v) is 5.34. The molecule has 0 atom stereocenters. The molecule has 2 aromatic carbocycles. The first kappa shape index (κ1) is 16.5. The highest BCUT2D eigenvalue weighted by Gasteiger charge is 2.11. The lowest BCUT2D eigenvalue weighted by Gasteiger charge is -2.08. The number of carbonyl (C=O) groups is 1. The van der Waals surface area contributed by atoms with E-state index in [0.717, 1.165) is 17.7 Å². The Bertz CT molecular complexity index is 876. The van der Waals surface area contributed by atoms with E-state index in [9.17, 15) is 13.6 Å². The zero-order chi connectivity index (χ0) is 17.8. The summed E-state index contributed by atoms with van der Waals surface area (Å²) >= 11 is 0. The SMILES string of the molecule is Cc1ccc(NC(=O)c2cnc(Nc3c(F)cccc3F)nc2)cc1. The van der Waals surface area contributed by atoms with Gasteiger partial charge in [0.1, 0.15) is 17.3 Å². The number of anilines is 3. The molecule has 0 aliphatic rings. The average molecular weight is 340 g/mol. The van der Waals surface area contributed by atoms with Crippen LogP contribution in [0.3, 0.4) is 0 Å². The fraction of sp³-hybridized carbons (Fsp3) is 0.0556. The van der Waals surface area contributed by atoms with Crippen molar-refractivity contribution in [1.82, 2.24) is 9.97 Å². The molecule has 2 N–H and O–H groups in total. The molecular formula is C18H14F2N4O. The number of para-hydroxylation sites is 1. The van der Waals surface area contributed by atoms with Crippen molar-refractivity contribution in [3.8, 4) is 0 Å². The minimum atomic E-state index is -0.759. The second kappa shape index (κ2) is 7.04. The number of benzene rings is 2. The molecule has 5 nitrogen and oxygen atoms in total. The fourth-order valence-electron chi connectivity index (χ4n) is 2.08. The minimum absolute atomic E-state index is 0.0177. The van der Waals surface area contributed by atoms with E-state index >= 15 is 0 Å². The predicted molar refractivity (Wildman–Crippen MR) is 90.8 cm³/mol. The van der Waals surface area contributed by atoms with Crippen molar-refractivity contribution in [1.29, 1.82) is 0 Å². The largest absolute Gasteiger partial charge is 0.322 e. The summed E-state index contributed by atoms with van der Waals surface area (Å²) in [7, 11) is 0. The maximum absolute atomic E-state index is 13.6. The maximum atomic E-state index is 13.6. The molecule has 0 fully saturated rings. The molecule has 7 heteroatoms. The molecule has 0 radical (unpaired) electrons. The first-order valence-corrected chi connectivity index (χ1v) is 7.44. The summed E-state index contributed by atoms with van der Waals surface area (Å²) in [6, 6.07) is 10.8. The van der Waals surface area contributed by atoms with E-state index in [2.05, 4.69) is 20.6 Å². The minimum Gasteiger partial charge on any atom is -0.322 e. The normalized spacial score (nSPS) is 10.4. The number of amides is 1. The predicted octanol–water partition coefficient (Wildman–Crippen LogP) is 4.06. The topological polar surface area (TPSA) is 66.9 Å². The first-order chi connectivity index (χ1) is 12.0. The highest BCUT2D eigenvalue weighted by molar-refractivity contribution is 6.03. The molecule has 0 aliphatic heterocycles. The fourth-order valence-corrected chi connectivity index (χ4v) is 2.08. The van der Waals surface area contributed by atoms with Crippen molar-refractivity contribution in [2.24, 2.45) is 0 Å². The summed E-state index contributed by atoms with van der Waals surface area (Å²) in [6.07, 6.45) is 2.55. The summed E-state index contributed by atoms with van der Waals surface area (Å²) < 4.78 is 27.2. The summed E-state index contributed by atoms with van der Waals surface area (Å²) in [5.41, 5.74) is 1.60. The van der Waals surface area contributed by atoms with Gasteiger partial charge >= 0.3 is 0 Å². The van der Waals surface area contributed by atoms with Crippen LogP contribution in [0, 0.1) is 18.6 Å². The molecule has 3 rings (SSSR count). The number of aryl methyl sites for hydroxylation is 1. The number of nitrogens with zero attached hydrogens (tertiary/aromatic N) is 2. The van der Waals surface area contributed by atoms with Crippen LogP contribution in [0.1, 0.15) is 15.9 Å². The van der Waals surface area contributed by atoms with E-state index in [4.69, 9.17) is 0 Å². The first-order valence-electron chi connectivity index (χ1n) is 7.44. The van der Waals surface area contributed by atoms with Gasteiger partial charge < -0.3 is 10.6 Å². The number of halogens is 2. The highest BCUT2D eigenvalue weighted by atomic mass is 19.1. The van der Waals surface area contributed by atoms with Crippen molar-refractivity contribution < 1.29 is 13.6 Å². The molecule has 1 heterocycles. The molecule has 0 unspecified atom stereocenters. The molecule has 0 spiro atoms. The summed E-state index contributed by atoms with van der Waals surface area (Å²) in [5, 5.41) is 5.17. The van der Waals surface area contributed by atoms with Crippen LogP contribution in [0.25, 0.3) is 0 Å². The number of hydrogen-bond acceptors (Lipinski definition) is 4. The van der Waals surface area contributed by atoms with Crippen molar-refractivity contribution in [3.63, 3.8) is 0 Å². The number of nitrogens with one attached hydrogen (secondary N) is 2. The third-order valence-electron chi connectivity index (χ3n) is 3.42. The van der Waals surface area contributed by atoms with Gasteiger partial charge in [-0.05, 0) is 31.2 Å². The van der Waals surface area contributed by atoms with Gasteiger partial charge in [0, 0.05) is 18.1 Å². The second-order valence-electron chi connectivity index (χ2n) is 5.34. The molecular weight excluding hydrogens is 326 g/mol. The quantitative estimate of drug-likeness (QED) is 0.752. The summed E-state index contributed by atoms with van der Waals surface area (Å²) in [4.78, 5) is 20.0. The number of aromatic nitrogens is 2. The number of hydrogen-bond donors (Lipinski definition) is 2. The molecule has 1 amide bonds. The van der Waals surface area contributed by atoms with E-state index < -0.39 is 11.6 Å². The Morgan fingerprint density at radius 3 is 2.16 bits per heavy atom. The van der Waals surface area contributed by atoms with Crippen LogP contribution in [0.4, 0.5) is 26.1 Å². The molecule has 0 saturated heterocycles. The smallest absolute Gasteiger partial charge is 0.258 e. The number of carbonyl (C=O) groups excluding carboxylic acids is 1. The van der Waals surface area contributed by atoms with Crippen LogP contribution >= 0.6 is 0 Å². The lowest BCUT2D eigenvalue weighted by atomic mass is 10.2. The third-order valence-corrected chi connectivity index (χ3v) is 3.42. The Morgan fingerprint density at radius 1 is 0.960 bits per heavy atom. The Labute approximate surface area is 142 Å². The van der Waals surface area contributed by atoms with E-state index in [0.29, 0.717) is 5.69 Å². The van der Waals surface area contributed by atoms with Gasteiger partial charge in [-0.1, -0.05) is 23.8 Å². The van der Waals surface area contributed by atoms with Gasteiger partial charge in [0.2, 0.25) is 5.95 Å². The van der Waals surface area contributed by atoms with E-state index in [1.54, 1.807) is 12.1 Å². The van der Waals surface area contributed by atoms with Crippen molar-refractivity contribution in [3.05, 3.63) is 77.6 Å². The lowest BCUT2D eigenvalue weighted by Crippen LogP contribution is -2.13. The zero-order valence-corrected chi connectivity index (χ0v) is 13.3. The van der Waals surface area contributed by atoms with Gasteiger partial charge in [-0.25, -0.2) is 18.7 Å². The van der Waals surface area contributed by atoms with Crippen LogP contribution in [0.15, 0.2) is 54.9 Å². The molecule has 1 aromatic heterocycles. The van der Waals surface area contributed by atoms with Gasteiger partial charge in [0.15, 0.2) is 0 Å². The van der Waals surface area contributed by atoms with Crippen LogP contribution in [0.5, 0.6) is 0 Å². The average Bonchev–Trinajstić information content (AvgIpc) is 2.61. The van der Waals surface area contributed by atoms with Crippen LogP contribution < -0.4 is 10.6 Å². The van der Waals surface area contributed by atoms with Crippen molar-refractivity contribution >= 4 is 23.2 Å². The Balaban J connectivity index is 1.71. The molecule has 0 bridgehead atoms. The van der Waals surface area contributed by atoms with Gasteiger partial charge in [0.25, 0.3) is 5.91 Å².